The Morgan fingerprint density at radius 1 is 1.37 bits per heavy atom. The quantitative estimate of drug-likeness (QED) is 0.853. The van der Waals surface area contributed by atoms with E-state index in [2.05, 4.69) is 42.2 Å². The second-order valence-electron chi connectivity index (χ2n) is 5.29. The van der Waals surface area contributed by atoms with Gasteiger partial charge in [-0.1, -0.05) is 30.3 Å². The van der Waals surface area contributed by atoms with Gasteiger partial charge in [-0.25, -0.2) is 0 Å². The van der Waals surface area contributed by atoms with Crippen LogP contribution < -0.4 is 5.73 Å². The average molecular weight is 262 g/mol. The van der Waals surface area contributed by atoms with E-state index in [0.717, 1.165) is 26.1 Å². The van der Waals surface area contributed by atoms with Crippen LogP contribution in [0.25, 0.3) is 0 Å². The minimum absolute atomic E-state index is 0.392. The maximum absolute atomic E-state index is 5.99. The van der Waals surface area contributed by atoms with Gasteiger partial charge in [0.2, 0.25) is 0 Å². The molecule has 2 atom stereocenters. The summed E-state index contributed by atoms with van der Waals surface area (Å²) in [5, 5.41) is 0. The number of likely N-dealkylation sites (tertiary alicyclic amines) is 1. The van der Waals surface area contributed by atoms with Crippen LogP contribution in [0.4, 0.5) is 0 Å². The third-order valence-corrected chi connectivity index (χ3v) is 3.91. The van der Waals surface area contributed by atoms with E-state index in [9.17, 15) is 0 Å². The molecule has 0 amide bonds. The summed E-state index contributed by atoms with van der Waals surface area (Å²) in [6.45, 7) is 5.78. The summed E-state index contributed by atoms with van der Waals surface area (Å²) in [6.07, 6.45) is 3.84. The highest BCUT2D eigenvalue weighted by molar-refractivity contribution is 5.16. The Morgan fingerprint density at radius 2 is 2.16 bits per heavy atom. The number of ether oxygens (including phenoxy) is 1. The zero-order chi connectivity index (χ0) is 13.5. The monoisotopic (exact) mass is 262 g/mol. The van der Waals surface area contributed by atoms with Crippen molar-refractivity contribution >= 4 is 0 Å². The maximum Gasteiger partial charge on any atom is 0.0702 e. The highest BCUT2D eigenvalue weighted by Gasteiger charge is 2.25. The Morgan fingerprint density at radius 3 is 2.84 bits per heavy atom. The molecule has 3 heteroatoms. The van der Waals surface area contributed by atoms with Crippen molar-refractivity contribution in [1.82, 2.24) is 4.90 Å². The molecule has 1 aliphatic rings. The molecule has 0 radical (unpaired) electrons. The lowest BCUT2D eigenvalue weighted by atomic mass is 10.0. The first-order valence-electron chi connectivity index (χ1n) is 7.43. The normalized spacial score (nSPS) is 22.3. The standard InChI is InChI=1S/C16H26N2O/c1-2-19-16-9-6-10-18(13-16)15(12-17)11-14-7-4-3-5-8-14/h3-5,7-8,15-16H,2,6,9-13,17H2,1H3. The molecule has 2 N–H and O–H groups in total. The Kier molecular flexibility index (Phi) is 5.83. The molecular weight excluding hydrogens is 236 g/mol. The van der Waals surface area contributed by atoms with Gasteiger partial charge in [-0.05, 0) is 38.3 Å². The highest BCUT2D eigenvalue weighted by atomic mass is 16.5. The molecule has 0 aliphatic carbocycles. The van der Waals surface area contributed by atoms with Gasteiger partial charge in [-0.15, -0.1) is 0 Å². The molecule has 1 saturated heterocycles. The van der Waals surface area contributed by atoms with Gasteiger partial charge in [0.15, 0.2) is 0 Å². The van der Waals surface area contributed by atoms with Gasteiger partial charge >= 0.3 is 0 Å². The molecule has 2 rings (SSSR count). The lowest BCUT2D eigenvalue weighted by Gasteiger charge is -2.37. The fraction of sp³-hybridized carbons (Fsp3) is 0.625. The lowest BCUT2D eigenvalue weighted by molar-refractivity contribution is -0.00614. The fourth-order valence-corrected chi connectivity index (χ4v) is 2.92. The van der Waals surface area contributed by atoms with E-state index < -0.39 is 0 Å². The largest absolute Gasteiger partial charge is 0.377 e. The molecule has 106 valence electrons. The number of hydrogen-bond acceptors (Lipinski definition) is 3. The summed E-state index contributed by atoms with van der Waals surface area (Å²) in [5.41, 5.74) is 7.36. The Hall–Kier alpha value is -0.900. The molecule has 0 bridgehead atoms. The van der Waals surface area contributed by atoms with Gasteiger partial charge in [0.1, 0.15) is 0 Å². The summed E-state index contributed by atoms with van der Waals surface area (Å²) >= 11 is 0. The summed E-state index contributed by atoms with van der Waals surface area (Å²) in [7, 11) is 0. The van der Waals surface area contributed by atoms with Crippen molar-refractivity contribution in [2.24, 2.45) is 5.73 Å². The molecule has 0 saturated carbocycles. The van der Waals surface area contributed by atoms with Gasteiger partial charge in [0, 0.05) is 25.7 Å². The van der Waals surface area contributed by atoms with Gasteiger partial charge in [-0.3, -0.25) is 4.90 Å². The van der Waals surface area contributed by atoms with Gasteiger partial charge in [-0.2, -0.15) is 0 Å². The van der Waals surface area contributed by atoms with Gasteiger partial charge < -0.3 is 10.5 Å². The maximum atomic E-state index is 5.99. The van der Waals surface area contributed by atoms with Crippen molar-refractivity contribution in [2.75, 3.05) is 26.2 Å². The van der Waals surface area contributed by atoms with Crippen molar-refractivity contribution in [3.05, 3.63) is 35.9 Å². The molecule has 1 aromatic carbocycles. The summed E-state index contributed by atoms with van der Waals surface area (Å²) in [6, 6.07) is 11.1. The van der Waals surface area contributed by atoms with Crippen LogP contribution in [-0.4, -0.2) is 43.3 Å². The number of benzene rings is 1. The van der Waals surface area contributed by atoms with E-state index in [0.29, 0.717) is 18.7 Å². The predicted octanol–water partition coefficient (Wildman–Crippen LogP) is 2.06. The number of rotatable bonds is 6. The van der Waals surface area contributed by atoms with Crippen LogP contribution >= 0.6 is 0 Å². The number of hydrogen-bond donors (Lipinski definition) is 1. The van der Waals surface area contributed by atoms with Crippen LogP contribution in [0.15, 0.2) is 30.3 Å². The molecule has 1 aliphatic heterocycles. The van der Waals surface area contributed by atoms with E-state index >= 15 is 0 Å². The first kappa shape index (κ1) is 14.5. The fourth-order valence-electron chi connectivity index (χ4n) is 2.92. The molecule has 1 heterocycles. The topological polar surface area (TPSA) is 38.5 Å². The van der Waals surface area contributed by atoms with Crippen LogP contribution in [0, 0.1) is 0 Å². The van der Waals surface area contributed by atoms with Crippen molar-refractivity contribution in [3.63, 3.8) is 0 Å². The van der Waals surface area contributed by atoms with Crippen molar-refractivity contribution in [3.8, 4) is 0 Å². The Labute approximate surface area is 116 Å². The average Bonchev–Trinajstić information content (AvgIpc) is 2.46. The second-order valence-corrected chi connectivity index (χ2v) is 5.29. The number of nitrogens with zero attached hydrogens (tertiary/aromatic N) is 1. The van der Waals surface area contributed by atoms with E-state index in [1.54, 1.807) is 0 Å². The van der Waals surface area contributed by atoms with Gasteiger partial charge in [0.05, 0.1) is 6.10 Å². The summed E-state index contributed by atoms with van der Waals surface area (Å²) in [5.74, 6) is 0. The number of piperidine rings is 1. The minimum Gasteiger partial charge on any atom is -0.377 e. The molecule has 1 fully saturated rings. The van der Waals surface area contributed by atoms with E-state index in [-0.39, 0.29) is 0 Å². The smallest absolute Gasteiger partial charge is 0.0702 e. The molecule has 2 unspecified atom stereocenters. The second kappa shape index (κ2) is 7.63. The summed E-state index contributed by atoms with van der Waals surface area (Å²) < 4.78 is 5.78. The first-order valence-corrected chi connectivity index (χ1v) is 7.43. The third-order valence-electron chi connectivity index (χ3n) is 3.91. The van der Waals surface area contributed by atoms with Gasteiger partial charge in [0.25, 0.3) is 0 Å². The molecule has 1 aromatic rings. The van der Waals surface area contributed by atoms with E-state index in [1.807, 2.05) is 0 Å². The SMILES string of the molecule is CCOC1CCCN(C(CN)Cc2ccccc2)C1. The van der Waals surface area contributed by atoms with E-state index in [1.165, 1.54) is 18.4 Å². The zero-order valence-electron chi connectivity index (χ0n) is 11.9. The molecular formula is C16H26N2O. The number of nitrogens with two attached hydrogens (primary N) is 1. The molecule has 0 spiro atoms. The van der Waals surface area contributed by atoms with Crippen LogP contribution in [0.3, 0.4) is 0 Å². The van der Waals surface area contributed by atoms with E-state index in [4.69, 9.17) is 10.5 Å². The predicted molar refractivity (Wildman–Crippen MR) is 79.2 cm³/mol. The van der Waals surface area contributed by atoms with Crippen LogP contribution in [0.1, 0.15) is 25.3 Å². The third kappa shape index (κ3) is 4.30. The van der Waals surface area contributed by atoms with Crippen molar-refractivity contribution < 1.29 is 4.74 Å². The van der Waals surface area contributed by atoms with Crippen molar-refractivity contribution in [1.29, 1.82) is 0 Å². The molecule has 0 aromatic heterocycles. The highest BCUT2D eigenvalue weighted by Crippen LogP contribution is 2.17. The molecule has 19 heavy (non-hydrogen) atoms. The Balaban J connectivity index is 1.93. The molecule has 3 nitrogen and oxygen atoms in total. The minimum atomic E-state index is 0.392. The summed E-state index contributed by atoms with van der Waals surface area (Å²) in [4.78, 5) is 2.51. The van der Waals surface area contributed by atoms with Crippen molar-refractivity contribution in [2.45, 2.75) is 38.3 Å². The zero-order valence-corrected chi connectivity index (χ0v) is 11.9. The van der Waals surface area contributed by atoms with Crippen LogP contribution in [0.5, 0.6) is 0 Å². The lowest BCUT2D eigenvalue weighted by Crippen LogP contribution is -2.49. The van der Waals surface area contributed by atoms with Crippen LogP contribution in [-0.2, 0) is 11.2 Å². The van der Waals surface area contributed by atoms with Crippen LogP contribution in [0.2, 0.25) is 0 Å². The first-order chi connectivity index (χ1) is 9.33. The Bertz CT molecular complexity index is 353.